The lowest BCUT2D eigenvalue weighted by molar-refractivity contribution is 0.746. The van der Waals surface area contributed by atoms with Crippen molar-refractivity contribution >= 4 is 27.7 Å². The lowest BCUT2D eigenvalue weighted by atomic mass is 10.0. The fourth-order valence-electron chi connectivity index (χ4n) is 2.49. The van der Waals surface area contributed by atoms with Crippen molar-refractivity contribution in [3.05, 3.63) is 51.5 Å². The molecule has 0 saturated heterocycles. The van der Waals surface area contributed by atoms with Crippen molar-refractivity contribution in [2.24, 2.45) is 0 Å². The van der Waals surface area contributed by atoms with Gasteiger partial charge in [-0.1, -0.05) is 26.0 Å². The quantitative estimate of drug-likeness (QED) is 0.823. The molecular formula is C16H18BrN3S. The first-order valence-electron chi connectivity index (χ1n) is 7.11. The van der Waals surface area contributed by atoms with Crippen LogP contribution in [0.2, 0.25) is 0 Å². The van der Waals surface area contributed by atoms with Crippen LogP contribution in [0.25, 0.3) is 0 Å². The average molecular weight is 364 g/mol. The Hall–Kier alpha value is -0.910. The lowest BCUT2D eigenvalue weighted by Crippen LogP contribution is -2.06. The summed E-state index contributed by atoms with van der Waals surface area (Å²) in [5, 5.41) is 3.38. The molecular weight excluding hydrogens is 346 g/mol. The van der Waals surface area contributed by atoms with Crippen LogP contribution >= 0.6 is 27.7 Å². The second-order valence-corrected chi connectivity index (χ2v) is 7.30. The molecule has 1 aliphatic heterocycles. The summed E-state index contributed by atoms with van der Waals surface area (Å²) in [5.41, 5.74) is 3.68. The van der Waals surface area contributed by atoms with E-state index in [9.17, 15) is 0 Å². The van der Waals surface area contributed by atoms with Crippen LogP contribution in [0, 0.1) is 0 Å². The van der Waals surface area contributed by atoms with Crippen molar-refractivity contribution in [2.75, 3.05) is 0 Å². The van der Waals surface area contributed by atoms with Crippen molar-refractivity contribution in [3.63, 3.8) is 0 Å². The number of hydrogen-bond acceptors (Lipinski definition) is 4. The highest BCUT2D eigenvalue weighted by molar-refractivity contribution is 9.10. The third kappa shape index (κ3) is 3.30. The summed E-state index contributed by atoms with van der Waals surface area (Å²) in [7, 11) is 0. The first-order chi connectivity index (χ1) is 10.1. The average Bonchev–Trinajstić information content (AvgIpc) is 2.93. The van der Waals surface area contributed by atoms with Gasteiger partial charge < -0.3 is 5.32 Å². The van der Waals surface area contributed by atoms with Crippen molar-refractivity contribution in [3.8, 4) is 0 Å². The van der Waals surface area contributed by atoms with Crippen LogP contribution in [0.1, 0.15) is 42.5 Å². The summed E-state index contributed by atoms with van der Waals surface area (Å²) in [4.78, 5) is 10.8. The molecule has 21 heavy (non-hydrogen) atoms. The van der Waals surface area contributed by atoms with E-state index in [1.807, 2.05) is 6.07 Å². The first kappa shape index (κ1) is 15.0. The molecule has 110 valence electrons. The SMILES string of the molecule is CC(C)c1nc(CSc2ccccc2Br)nc2c1CNC2. The fraction of sp³-hybridized carbons (Fsp3) is 0.375. The Bertz CT molecular complexity index is 658. The van der Waals surface area contributed by atoms with Crippen molar-refractivity contribution in [1.82, 2.24) is 15.3 Å². The van der Waals surface area contributed by atoms with E-state index in [4.69, 9.17) is 9.97 Å². The molecule has 3 nitrogen and oxygen atoms in total. The molecule has 1 N–H and O–H groups in total. The van der Waals surface area contributed by atoms with Crippen molar-refractivity contribution < 1.29 is 0 Å². The van der Waals surface area contributed by atoms with Gasteiger partial charge in [0.05, 0.1) is 17.1 Å². The number of halogens is 1. The van der Waals surface area contributed by atoms with Gasteiger partial charge in [0.25, 0.3) is 0 Å². The molecule has 3 rings (SSSR count). The van der Waals surface area contributed by atoms with Gasteiger partial charge in [-0.25, -0.2) is 9.97 Å². The summed E-state index contributed by atoms with van der Waals surface area (Å²) >= 11 is 5.36. The Labute approximate surface area is 138 Å². The molecule has 0 aliphatic carbocycles. The van der Waals surface area contributed by atoms with Crippen molar-refractivity contribution in [1.29, 1.82) is 0 Å². The molecule has 5 heteroatoms. The van der Waals surface area contributed by atoms with Gasteiger partial charge in [0.1, 0.15) is 5.82 Å². The van der Waals surface area contributed by atoms with Crippen molar-refractivity contribution in [2.45, 2.75) is 43.5 Å². The Kier molecular flexibility index (Phi) is 4.62. The van der Waals surface area contributed by atoms with Crippen LogP contribution in [-0.4, -0.2) is 9.97 Å². The third-order valence-electron chi connectivity index (χ3n) is 3.51. The first-order valence-corrected chi connectivity index (χ1v) is 8.89. The topological polar surface area (TPSA) is 37.8 Å². The number of rotatable bonds is 4. The molecule has 1 aliphatic rings. The van der Waals surface area contributed by atoms with Gasteiger partial charge in [-0.2, -0.15) is 0 Å². The minimum Gasteiger partial charge on any atom is -0.307 e. The van der Waals surface area contributed by atoms with Gasteiger partial charge in [-0.05, 0) is 34.0 Å². The zero-order valence-electron chi connectivity index (χ0n) is 12.2. The van der Waals surface area contributed by atoms with Gasteiger partial charge in [-0.15, -0.1) is 11.8 Å². The standard InChI is InChI=1S/C16H18BrN3S/c1-10(2)16-11-7-18-8-13(11)19-15(20-16)9-21-14-6-4-3-5-12(14)17/h3-6,10,18H,7-9H2,1-2H3. The highest BCUT2D eigenvalue weighted by Crippen LogP contribution is 2.30. The maximum absolute atomic E-state index is 4.80. The maximum atomic E-state index is 4.80. The van der Waals surface area contributed by atoms with Crippen LogP contribution in [0.15, 0.2) is 33.6 Å². The molecule has 0 spiro atoms. The second-order valence-electron chi connectivity index (χ2n) is 5.43. The van der Waals surface area contributed by atoms with Crippen LogP contribution < -0.4 is 5.32 Å². The molecule has 0 unspecified atom stereocenters. The number of benzene rings is 1. The molecule has 0 amide bonds. The molecule has 0 bridgehead atoms. The molecule has 0 radical (unpaired) electrons. The number of aromatic nitrogens is 2. The van der Waals surface area contributed by atoms with Crippen LogP contribution in [0.4, 0.5) is 0 Å². The Morgan fingerprint density at radius 2 is 2.05 bits per heavy atom. The zero-order chi connectivity index (χ0) is 14.8. The predicted octanol–water partition coefficient (Wildman–Crippen LogP) is 4.26. The van der Waals surface area contributed by atoms with E-state index < -0.39 is 0 Å². The largest absolute Gasteiger partial charge is 0.307 e. The molecule has 2 aromatic rings. The molecule has 0 fully saturated rings. The lowest BCUT2D eigenvalue weighted by Gasteiger charge is -2.12. The fourth-order valence-corrected chi connectivity index (χ4v) is 3.92. The van der Waals surface area contributed by atoms with E-state index in [-0.39, 0.29) is 0 Å². The van der Waals surface area contributed by atoms with E-state index >= 15 is 0 Å². The molecule has 1 aromatic carbocycles. The molecule has 2 heterocycles. The Morgan fingerprint density at radius 3 is 2.81 bits per heavy atom. The smallest absolute Gasteiger partial charge is 0.139 e. The Balaban J connectivity index is 1.83. The van der Waals surface area contributed by atoms with Gasteiger partial charge in [0.2, 0.25) is 0 Å². The number of nitrogens with zero attached hydrogens (tertiary/aromatic N) is 2. The minimum atomic E-state index is 0.439. The highest BCUT2D eigenvalue weighted by Gasteiger charge is 2.20. The van der Waals surface area contributed by atoms with E-state index in [0.29, 0.717) is 5.92 Å². The van der Waals surface area contributed by atoms with Gasteiger partial charge in [0, 0.05) is 28.0 Å². The zero-order valence-corrected chi connectivity index (χ0v) is 14.6. The van der Waals surface area contributed by atoms with E-state index in [2.05, 4.69) is 53.3 Å². The summed E-state index contributed by atoms with van der Waals surface area (Å²) in [6.07, 6.45) is 0. The van der Waals surface area contributed by atoms with E-state index in [1.165, 1.54) is 21.8 Å². The number of nitrogens with one attached hydrogen (secondary N) is 1. The molecule has 0 atom stereocenters. The summed E-state index contributed by atoms with van der Waals surface area (Å²) in [6, 6.07) is 8.27. The third-order valence-corrected chi connectivity index (χ3v) is 5.53. The predicted molar refractivity (Wildman–Crippen MR) is 90.4 cm³/mol. The monoisotopic (exact) mass is 363 g/mol. The van der Waals surface area contributed by atoms with Crippen LogP contribution in [0.3, 0.4) is 0 Å². The highest BCUT2D eigenvalue weighted by atomic mass is 79.9. The number of thioether (sulfide) groups is 1. The summed E-state index contributed by atoms with van der Waals surface area (Å²) < 4.78 is 1.13. The van der Waals surface area contributed by atoms with Gasteiger partial charge >= 0.3 is 0 Å². The molecule has 1 aromatic heterocycles. The molecule has 0 saturated carbocycles. The van der Waals surface area contributed by atoms with E-state index in [1.54, 1.807) is 11.8 Å². The van der Waals surface area contributed by atoms with Gasteiger partial charge in [0.15, 0.2) is 0 Å². The summed E-state index contributed by atoms with van der Waals surface area (Å²) in [5.74, 6) is 2.17. The number of fused-ring (bicyclic) bond motifs is 1. The van der Waals surface area contributed by atoms with Crippen LogP contribution in [0.5, 0.6) is 0 Å². The number of hydrogen-bond donors (Lipinski definition) is 1. The minimum absolute atomic E-state index is 0.439. The van der Waals surface area contributed by atoms with Crippen LogP contribution in [-0.2, 0) is 18.8 Å². The normalized spacial score (nSPS) is 13.7. The van der Waals surface area contributed by atoms with Gasteiger partial charge in [-0.3, -0.25) is 0 Å². The Morgan fingerprint density at radius 1 is 1.24 bits per heavy atom. The maximum Gasteiger partial charge on any atom is 0.139 e. The summed E-state index contributed by atoms with van der Waals surface area (Å²) in [6.45, 7) is 6.17. The second kappa shape index (κ2) is 6.46. The van der Waals surface area contributed by atoms with E-state index in [0.717, 1.165) is 29.1 Å².